The van der Waals surface area contributed by atoms with E-state index in [0.717, 1.165) is 16.5 Å². The second-order valence-corrected chi connectivity index (χ2v) is 3.70. The molecule has 1 N–H and O–H groups in total. The van der Waals surface area contributed by atoms with Crippen LogP contribution in [0.15, 0.2) is 18.3 Å². The number of ketones is 1. The van der Waals surface area contributed by atoms with Crippen LogP contribution < -0.4 is 0 Å². The average Bonchev–Trinajstić information content (AvgIpc) is 2.50. The Morgan fingerprint density at radius 1 is 1.57 bits per heavy atom. The van der Waals surface area contributed by atoms with E-state index in [1.54, 1.807) is 19.2 Å². The summed E-state index contributed by atoms with van der Waals surface area (Å²) in [5, 5.41) is 8.24. The summed E-state index contributed by atoms with van der Waals surface area (Å²) >= 11 is 6.00. The van der Waals surface area contributed by atoms with E-state index in [4.69, 9.17) is 11.6 Å². The number of aromatic amines is 1. The van der Waals surface area contributed by atoms with Crippen molar-refractivity contribution >= 4 is 28.3 Å². The molecule has 0 saturated carbocycles. The highest BCUT2D eigenvalue weighted by molar-refractivity contribution is 6.35. The van der Waals surface area contributed by atoms with E-state index in [1.807, 2.05) is 6.07 Å². The molecule has 0 aliphatic carbocycles. The molecule has 3 nitrogen and oxygen atoms in total. The summed E-state index contributed by atoms with van der Waals surface area (Å²) in [7, 11) is 0. The third-order valence-electron chi connectivity index (χ3n) is 2.01. The summed E-state index contributed by atoms with van der Waals surface area (Å²) in [5.41, 5.74) is 1.75. The smallest absolute Gasteiger partial charge is 0.134 e. The molecular formula is C10H9ClN2O. The summed E-state index contributed by atoms with van der Waals surface area (Å²) in [6.07, 6.45) is 2.12. The molecule has 0 atom stereocenters. The van der Waals surface area contributed by atoms with E-state index in [9.17, 15) is 4.79 Å². The SMILES string of the molecule is CC(=O)Cc1cc(Cl)c2[nH]ncc2c1. The molecule has 4 heteroatoms. The summed E-state index contributed by atoms with van der Waals surface area (Å²) < 4.78 is 0. The van der Waals surface area contributed by atoms with Gasteiger partial charge >= 0.3 is 0 Å². The minimum Gasteiger partial charge on any atom is -0.300 e. The molecule has 0 fully saturated rings. The second kappa shape index (κ2) is 3.42. The van der Waals surface area contributed by atoms with Gasteiger partial charge in [0.1, 0.15) is 5.78 Å². The molecule has 0 spiro atoms. The molecule has 2 aromatic rings. The topological polar surface area (TPSA) is 45.8 Å². The van der Waals surface area contributed by atoms with Crippen LogP contribution in [0, 0.1) is 0 Å². The van der Waals surface area contributed by atoms with Crippen molar-refractivity contribution in [3.05, 3.63) is 28.9 Å². The van der Waals surface area contributed by atoms with Crippen molar-refractivity contribution in [3.8, 4) is 0 Å². The number of rotatable bonds is 2. The molecule has 0 radical (unpaired) electrons. The molecule has 72 valence electrons. The number of carbonyl (C=O) groups is 1. The zero-order valence-corrected chi connectivity index (χ0v) is 8.43. The first-order valence-corrected chi connectivity index (χ1v) is 4.65. The lowest BCUT2D eigenvalue weighted by Gasteiger charge is -1.99. The maximum Gasteiger partial charge on any atom is 0.134 e. The van der Waals surface area contributed by atoms with Gasteiger partial charge in [-0.2, -0.15) is 5.10 Å². The van der Waals surface area contributed by atoms with Crippen LogP contribution in [0.4, 0.5) is 0 Å². The number of hydrogen-bond acceptors (Lipinski definition) is 2. The van der Waals surface area contributed by atoms with Crippen molar-refractivity contribution in [2.24, 2.45) is 0 Å². The number of fused-ring (bicyclic) bond motifs is 1. The van der Waals surface area contributed by atoms with E-state index in [2.05, 4.69) is 10.2 Å². The lowest BCUT2D eigenvalue weighted by atomic mass is 10.1. The van der Waals surface area contributed by atoms with Crippen molar-refractivity contribution in [3.63, 3.8) is 0 Å². The number of H-pyrrole nitrogens is 1. The summed E-state index contributed by atoms with van der Waals surface area (Å²) in [5.74, 6) is 0.129. The van der Waals surface area contributed by atoms with Gasteiger partial charge < -0.3 is 0 Å². The van der Waals surface area contributed by atoms with E-state index < -0.39 is 0 Å². The van der Waals surface area contributed by atoms with Gasteiger partial charge in [0.25, 0.3) is 0 Å². The van der Waals surface area contributed by atoms with Gasteiger partial charge in [-0.25, -0.2) is 0 Å². The van der Waals surface area contributed by atoms with Crippen molar-refractivity contribution < 1.29 is 4.79 Å². The molecule has 1 aromatic carbocycles. The molecule has 0 aliphatic heterocycles. The summed E-state index contributed by atoms with van der Waals surface area (Å²) in [6.45, 7) is 1.56. The Labute approximate surface area is 86.1 Å². The highest BCUT2D eigenvalue weighted by atomic mass is 35.5. The summed E-state index contributed by atoms with van der Waals surface area (Å²) in [6, 6.07) is 3.72. The van der Waals surface area contributed by atoms with Gasteiger partial charge in [-0.3, -0.25) is 9.89 Å². The first-order chi connectivity index (χ1) is 6.66. The van der Waals surface area contributed by atoms with Crippen LogP contribution in [-0.4, -0.2) is 16.0 Å². The van der Waals surface area contributed by atoms with Crippen LogP contribution in [0.1, 0.15) is 12.5 Å². The lowest BCUT2D eigenvalue weighted by Crippen LogP contribution is -1.95. The van der Waals surface area contributed by atoms with E-state index in [1.165, 1.54) is 0 Å². The predicted molar refractivity (Wildman–Crippen MR) is 55.5 cm³/mol. The Morgan fingerprint density at radius 2 is 2.36 bits per heavy atom. The Kier molecular flexibility index (Phi) is 2.25. The first-order valence-electron chi connectivity index (χ1n) is 4.28. The predicted octanol–water partition coefficient (Wildman–Crippen LogP) is 2.35. The first kappa shape index (κ1) is 9.21. The fourth-order valence-corrected chi connectivity index (χ4v) is 1.75. The Hall–Kier alpha value is -1.35. The molecule has 0 amide bonds. The minimum absolute atomic E-state index is 0.129. The quantitative estimate of drug-likeness (QED) is 0.824. The number of nitrogens with one attached hydrogen (secondary N) is 1. The van der Waals surface area contributed by atoms with Gasteiger partial charge in [0.2, 0.25) is 0 Å². The number of aromatic nitrogens is 2. The van der Waals surface area contributed by atoms with Gasteiger partial charge in [0.15, 0.2) is 0 Å². The van der Waals surface area contributed by atoms with Gasteiger partial charge in [-0.05, 0) is 24.6 Å². The van der Waals surface area contributed by atoms with Crippen LogP contribution in [0.2, 0.25) is 5.02 Å². The zero-order valence-electron chi connectivity index (χ0n) is 7.67. The molecule has 14 heavy (non-hydrogen) atoms. The molecule has 0 aliphatic rings. The Bertz CT molecular complexity index is 490. The van der Waals surface area contributed by atoms with Gasteiger partial charge in [0.05, 0.1) is 16.7 Å². The van der Waals surface area contributed by atoms with Gasteiger partial charge in [-0.1, -0.05) is 11.6 Å². The van der Waals surface area contributed by atoms with Gasteiger partial charge in [-0.15, -0.1) is 0 Å². The Morgan fingerprint density at radius 3 is 3.07 bits per heavy atom. The highest BCUT2D eigenvalue weighted by Crippen LogP contribution is 2.23. The maximum atomic E-state index is 10.9. The number of hydrogen-bond donors (Lipinski definition) is 1. The third kappa shape index (κ3) is 1.63. The lowest BCUT2D eigenvalue weighted by molar-refractivity contribution is -0.116. The summed E-state index contributed by atoms with van der Waals surface area (Å²) in [4.78, 5) is 10.9. The van der Waals surface area contributed by atoms with Crippen LogP contribution in [0.5, 0.6) is 0 Å². The highest BCUT2D eigenvalue weighted by Gasteiger charge is 2.05. The van der Waals surface area contributed by atoms with Crippen molar-refractivity contribution in [2.45, 2.75) is 13.3 Å². The monoisotopic (exact) mass is 208 g/mol. The maximum absolute atomic E-state index is 10.9. The third-order valence-corrected chi connectivity index (χ3v) is 2.31. The molecule has 0 bridgehead atoms. The average molecular weight is 209 g/mol. The molecule has 0 unspecified atom stereocenters. The minimum atomic E-state index is 0.129. The van der Waals surface area contributed by atoms with Gasteiger partial charge in [0, 0.05) is 11.8 Å². The number of halogens is 1. The largest absolute Gasteiger partial charge is 0.300 e. The van der Waals surface area contributed by atoms with Crippen LogP contribution in [-0.2, 0) is 11.2 Å². The zero-order chi connectivity index (χ0) is 10.1. The fraction of sp³-hybridized carbons (Fsp3) is 0.200. The fourth-order valence-electron chi connectivity index (χ4n) is 1.46. The van der Waals surface area contributed by atoms with Crippen LogP contribution in [0.25, 0.3) is 10.9 Å². The molecule has 1 aromatic heterocycles. The molecule has 2 rings (SSSR count). The Balaban J connectivity index is 2.53. The normalized spacial score (nSPS) is 10.7. The second-order valence-electron chi connectivity index (χ2n) is 3.29. The van der Waals surface area contributed by atoms with Crippen LogP contribution >= 0.6 is 11.6 Å². The van der Waals surface area contributed by atoms with E-state index in [0.29, 0.717) is 11.4 Å². The standard InChI is InChI=1S/C10H9ClN2O/c1-6(14)2-7-3-8-5-12-13-10(8)9(11)4-7/h3-5H,2H2,1H3,(H,12,13). The molecular weight excluding hydrogens is 200 g/mol. The van der Waals surface area contributed by atoms with Crippen molar-refractivity contribution in [1.29, 1.82) is 0 Å². The molecule has 1 heterocycles. The number of nitrogens with zero attached hydrogens (tertiary/aromatic N) is 1. The molecule has 0 saturated heterocycles. The number of carbonyl (C=O) groups excluding carboxylic acids is 1. The number of Topliss-reactive ketones (excluding diaryl/α,β-unsaturated/α-hetero) is 1. The number of benzene rings is 1. The van der Waals surface area contributed by atoms with Crippen molar-refractivity contribution in [1.82, 2.24) is 10.2 Å². The van der Waals surface area contributed by atoms with E-state index >= 15 is 0 Å². The van der Waals surface area contributed by atoms with Crippen molar-refractivity contribution in [2.75, 3.05) is 0 Å². The van der Waals surface area contributed by atoms with Crippen LogP contribution in [0.3, 0.4) is 0 Å². The van der Waals surface area contributed by atoms with E-state index in [-0.39, 0.29) is 5.78 Å².